The lowest BCUT2D eigenvalue weighted by molar-refractivity contribution is 0.768. The van der Waals surface area contributed by atoms with Gasteiger partial charge in [-0.1, -0.05) is 267 Å². The van der Waals surface area contributed by atoms with Gasteiger partial charge >= 0.3 is 0 Å². The molecule has 0 radical (unpaired) electrons. The third-order valence-electron chi connectivity index (χ3n) is 19.5. The summed E-state index contributed by atoms with van der Waals surface area (Å²) in [6.45, 7) is 0. The van der Waals surface area contributed by atoms with Crippen LogP contribution in [0.1, 0.15) is 44.5 Å². The zero-order chi connectivity index (χ0) is 57.9. The second-order valence-corrected chi connectivity index (χ2v) is 23.8. The normalized spacial score (nSPS) is 13.4. The van der Waals surface area contributed by atoms with Gasteiger partial charge in [-0.05, 0) is 184 Å². The molecule has 1 heterocycles. The molecule has 0 bridgehead atoms. The van der Waals surface area contributed by atoms with Crippen molar-refractivity contribution in [3.63, 3.8) is 0 Å². The fourth-order valence-electron chi connectivity index (χ4n) is 15.8. The van der Waals surface area contributed by atoms with Crippen LogP contribution in [0.25, 0.3) is 94.3 Å². The first-order chi connectivity index (χ1) is 43.6. The molecule has 15 aromatic rings. The van der Waals surface area contributed by atoms with Gasteiger partial charge in [-0.25, -0.2) is 0 Å². The van der Waals surface area contributed by atoms with Crippen molar-refractivity contribution in [1.82, 2.24) is 4.57 Å². The molecule has 0 amide bonds. The molecule has 3 aliphatic rings. The van der Waals surface area contributed by atoms with Crippen LogP contribution in [0.5, 0.6) is 0 Å². The third-order valence-corrected chi connectivity index (χ3v) is 19.5. The van der Waals surface area contributed by atoms with Crippen LogP contribution in [0, 0.1) is 0 Å². The Morgan fingerprint density at radius 1 is 0.216 bits per heavy atom. The van der Waals surface area contributed by atoms with Gasteiger partial charge in [0.1, 0.15) is 0 Å². The van der Waals surface area contributed by atoms with E-state index in [1.807, 2.05) is 0 Å². The first-order valence-corrected chi connectivity index (χ1v) is 30.6. The number of rotatable bonds is 9. The lowest BCUT2D eigenvalue weighted by Gasteiger charge is -2.34. The number of anilines is 3. The fraction of sp³-hybridized carbons (Fsp3) is 0.0233. The summed E-state index contributed by atoms with van der Waals surface area (Å²) in [4.78, 5) is 2.44. The Morgan fingerprint density at radius 3 is 1.01 bits per heavy atom. The Morgan fingerprint density at radius 2 is 0.545 bits per heavy atom. The average Bonchev–Trinajstić information content (AvgIpc) is 1.54. The number of hydrogen-bond acceptors (Lipinski definition) is 1. The molecule has 2 heteroatoms. The quantitative estimate of drug-likeness (QED) is 0.140. The predicted octanol–water partition coefficient (Wildman–Crippen LogP) is 22.0. The molecule has 3 aliphatic carbocycles. The maximum Gasteiger partial charge on any atom is 0.0726 e. The molecule has 0 saturated carbocycles. The molecular formula is C86H56N2. The highest BCUT2D eigenvalue weighted by Gasteiger charge is 2.52. The molecule has 0 aliphatic heterocycles. The zero-order valence-electron chi connectivity index (χ0n) is 48.2. The van der Waals surface area contributed by atoms with E-state index >= 15 is 0 Å². The Labute approximate surface area is 512 Å². The molecule has 18 rings (SSSR count). The second kappa shape index (κ2) is 19.6. The summed E-state index contributed by atoms with van der Waals surface area (Å²) >= 11 is 0. The summed E-state index contributed by atoms with van der Waals surface area (Å²) in [5, 5.41) is 2.43. The number of hydrogen-bond donors (Lipinski definition) is 0. The molecule has 2 nitrogen and oxygen atoms in total. The van der Waals surface area contributed by atoms with Crippen molar-refractivity contribution in [3.8, 4) is 72.4 Å². The molecule has 14 aromatic carbocycles. The minimum absolute atomic E-state index is 0.449. The van der Waals surface area contributed by atoms with E-state index in [1.165, 1.54) is 128 Å². The number of aromatic nitrogens is 1. The van der Waals surface area contributed by atoms with Crippen LogP contribution in [0.3, 0.4) is 0 Å². The van der Waals surface area contributed by atoms with Gasteiger partial charge in [0.05, 0.1) is 21.9 Å². The SMILES string of the molecule is c1ccc(-c2ccc(N(c3ccc(-c4ccc5c(c4)c4cc(-c6ccc(C7(c8ccccc8)c8ccccc8-c8ccccc87)cc6)ccc4n5-c4ccccc4)cc3)c3ccc4c(c3)C3(c5ccccc5-c5ccccc53)c3ccccc3-4)cc2)cc1. The van der Waals surface area contributed by atoms with Crippen molar-refractivity contribution < 1.29 is 0 Å². The molecule has 0 N–H and O–H groups in total. The summed E-state index contributed by atoms with van der Waals surface area (Å²) in [6.07, 6.45) is 0. The lowest BCUT2D eigenvalue weighted by atomic mass is 9.67. The molecule has 0 saturated heterocycles. The van der Waals surface area contributed by atoms with Crippen LogP contribution >= 0.6 is 0 Å². The number of fused-ring (bicyclic) bond motifs is 16. The van der Waals surface area contributed by atoms with Gasteiger partial charge in [0.15, 0.2) is 0 Å². The summed E-state index contributed by atoms with van der Waals surface area (Å²) in [7, 11) is 0. The molecule has 0 unspecified atom stereocenters. The smallest absolute Gasteiger partial charge is 0.0726 e. The number of benzene rings is 14. The van der Waals surface area contributed by atoms with Crippen molar-refractivity contribution in [2.45, 2.75) is 10.8 Å². The van der Waals surface area contributed by atoms with Crippen molar-refractivity contribution in [1.29, 1.82) is 0 Å². The molecule has 0 atom stereocenters. The molecule has 0 fully saturated rings. The largest absolute Gasteiger partial charge is 0.310 e. The van der Waals surface area contributed by atoms with Gasteiger partial charge in [-0.3, -0.25) is 0 Å². The minimum Gasteiger partial charge on any atom is -0.310 e. The first kappa shape index (κ1) is 50.0. The lowest BCUT2D eigenvalue weighted by Crippen LogP contribution is -2.28. The summed E-state index contributed by atoms with van der Waals surface area (Å²) in [5.41, 5.74) is 31.2. The van der Waals surface area contributed by atoms with Crippen LogP contribution in [0.4, 0.5) is 17.1 Å². The van der Waals surface area contributed by atoms with Crippen LogP contribution < -0.4 is 4.90 Å². The Kier molecular flexibility index (Phi) is 11.2. The summed E-state index contributed by atoms with van der Waals surface area (Å²) < 4.78 is 2.42. The minimum atomic E-state index is -0.461. The third kappa shape index (κ3) is 7.24. The average molecular weight is 1120 g/mol. The maximum atomic E-state index is 2.49. The van der Waals surface area contributed by atoms with Gasteiger partial charge in [-0.2, -0.15) is 0 Å². The van der Waals surface area contributed by atoms with E-state index < -0.39 is 10.8 Å². The molecular weight excluding hydrogens is 1060 g/mol. The number of para-hydroxylation sites is 1. The zero-order valence-corrected chi connectivity index (χ0v) is 48.2. The highest BCUT2D eigenvalue weighted by Crippen LogP contribution is 2.64. The highest BCUT2D eigenvalue weighted by atomic mass is 15.1. The Hall–Kier alpha value is -11.3. The van der Waals surface area contributed by atoms with Gasteiger partial charge in [0.25, 0.3) is 0 Å². The molecule has 1 aromatic heterocycles. The highest BCUT2D eigenvalue weighted by molar-refractivity contribution is 6.12. The second-order valence-electron chi connectivity index (χ2n) is 23.8. The fourth-order valence-corrected chi connectivity index (χ4v) is 15.8. The van der Waals surface area contributed by atoms with Crippen LogP contribution in [0.15, 0.2) is 340 Å². The maximum absolute atomic E-state index is 2.49. The predicted molar refractivity (Wildman–Crippen MR) is 365 cm³/mol. The standard InChI is InChI=1S/C86H56N2/c1-4-20-57(21-5-1)58-38-46-66(47-39-58)87(68-50-51-74-73-30-14-19-35-81(73)86(82(74)56-68)79-33-17-12-28-71(79)72-29-13-18-34-80(72)86)67-48-40-60(41-49-67)62-43-53-84-76(55-62)75-54-61(42-52-83(75)88(84)65-24-8-3-9-25-65)59-36-44-64(45-37-59)85(63-22-6-2-7-23-63)77-31-15-10-26-69(77)70-27-11-16-32-78(70)85/h1-56H. The van der Waals surface area contributed by atoms with E-state index in [0.29, 0.717) is 0 Å². The Bertz CT molecular complexity index is 5120. The van der Waals surface area contributed by atoms with E-state index in [0.717, 1.165) is 28.3 Å². The molecule has 1 spiro atoms. The van der Waals surface area contributed by atoms with E-state index in [9.17, 15) is 0 Å². The van der Waals surface area contributed by atoms with Gasteiger partial charge < -0.3 is 9.47 Å². The van der Waals surface area contributed by atoms with Gasteiger partial charge in [0, 0.05) is 33.5 Å². The van der Waals surface area contributed by atoms with Crippen LogP contribution in [-0.4, -0.2) is 4.57 Å². The van der Waals surface area contributed by atoms with E-state index in [1.54, 1.807) is 0 Å². The van der Waals surface area contributed by atoms with Gasteiger partial charge in [0.2, 0.25) is 0 Å². The van der Waals surface area contributed by atoms with Gasteiger partial charge in [-0.15, -0.1) is 0 Å². The van der Waals surface area contributed by atoms with Crippen molar-refractivity contribution in [2.75, 3.05) is 4.90 Å². The molecule has 410 valence electrons. The van der Waals surface area contributed by atoms with E-state index in [4.69, 9.17) is 0 Å². The van der Waals surface area contributed by atoms with E-state index in [-0.39, 0.29) is 0 Å². The van der Waals surface area contributed by atoms with Crippen molar-refractivity contribution in [2.24, 2.45) is 0 Å². The monoisotopic (exact) mass is 1120 g/mol. The topological polar surface area (TPSA) is 8.17 Å². The van der Waals surface area contributed by atoms with Crippen LogP contribution in [-0.2, 0) is 10.8 Å². The first-order valence-electron chi connectivity index (χ1n) is 30.6. The van der Waals surface area contributed by atoms with Crippen molar-refractivity contribution >= 4 is 38.9 Å². The number of nitrogens with zero attached hydrogens (tertiary/aromatic N) is 2. The molecule has 88 heavy (non-hydrogen) atoms. The van der Waals surface area contributed by atoms with Crippen molar-refractivity contribution in [3.05, 3.63) is 384 Å². The van der Waals surface area contributed by atoms with Crippen LogP contribution in [0.2, 0.25) is 0 Å². The Balaban J connectivity index is 0.754. The summed E-state index contributed by atoms with van der Waals surface area (Å²) in [6, 6.07) is 127. The van der Waals surface area contributed by atoms with E-state index in [2.05, 4.69) is 349 Å². The summed E-state index contributed by atoms with van der Waals surface area (Å²) in [5.74, 6) is 0.